The topological polar surface area (TPSA) is 149 Å². The number of phosphoric ester groups is 1. The predicted octanol–water partition coefficient (Wildman–Crippen LogP) is 0.832. The van der Waals surface area contributed by atoms with Gasteiger partial charge in [0, 0.05) is 24.8 Å². The first-order chi connectivity index (χ1) is 13.4. The van der Waals surface area contributed by atoms with Crippen LogP contribution in [0.3, 0.4) is 0 Å². The number of phosphoric acid groups is 1. The van der Waals surface area contributed by atoms with Gasteiger partial charge in [0.15, 0.2) is 0 Å². The average molecular weight is 436 g/mol. The van der Waals surface area contributed by atoms with Crippen LogP contribution in [0, 0.1) is 6.92 Å². The van der Waals surface area contributed by atoms with Crippen molar-refractivity contribution >= 4 is 7.82 Å². The minimum absolute atomic E-state index is 0.0540. The number of nitrogens with one attached hydrogen (secondary N) is 1. The molecule has 0 aromatic carbocycles. The van der Waals surface area contributed by atoms with E-state index < -0.39 is 43.1 Å². The molecule has 0 radical (unpaired) electrons. The second-order valence-corrected chi connectivity index (χ2v) is 9.20. The van der Waals surface area contributed by atoms with Gasteiger partial charge in [-0.25, -0.2) is 9.36 Å². The summed E-state index contributed by atoms with van der Waals surface area (Å²) in [4.78, 5) is 35.9. The summed E-state index contributed by atoms with van der Waals surface area (Å²) >= 11 is 0. The summed E-state index contributed by atoms with van der Waals surface area (Å²) in [6.45, 7) is 6.81. The minimum Gasteiger partial charge on any atom is -0.396 e. The number of hydrogen-bond acceptors (Lipinski definition) is 8. The van der Waals surface area contributed by atoms with Crippen molar-refractivity contribution in [2.24, 2.45) is 0 Å². The summed E-state index contributed by atoms with van der Waals surface area (Å²) in [5.74, 6) is 0. The van der Waals surface area contributed by atoms with Gasteiger partial charge in [0.1, 0.15) is 18.4 Å². The Morgan fingerprint density at radius 3 is 2.69 bits per heavy atom. The van der Waals surface area contributed by atoms with Crippen LogP contribution in [0.1, 0.15) is 45.4 Å². The van der Waals surface area contributed by atoms with E-state index in [2.05, 4.69) is 4.98 Å². The van der Waals surface area contributed by atoms with Crippen LogP contribution in [0.15, 0.2) is 15.8 Å². The number of aromatic amines is 1. The van der Waals surface area contributed by atoms with Gasteiger partial charge in [-0.1, -0.05) is 0 Å². The van der Waals surface area contributed by atoms with E-state index in [1.165, 1.54) is 10.8 Å². The molecule has 0 bridgehead atoms. The highest BCUT2D eigenvalue weighted by Gasteiger charge is 2.42. The molecule has 1 aliphatic rings. The summed E-state index contributed by atoms with van der Waals surface area (Å²) in [5.41, 5.74) is -1.33. The van der Waals surface area contributed by atoms with Crippen LogP contribution in [-0.4, -0.2) is 57.2 Å². The van der Waals surface area contributed by atoms with Crippen molar-refractivity contribution in [1.82, 2.24) is 9.55 Å². The fourth-order valence-electron chi connectivity index (χ4n) is 2.71. The zero-order chi connectivity index (χ0) is 21.8. The van der Waals surface area contributed by atoms with E-state index in [-0.39, 0.29) is 32.7 Å². The summed E-state index contributed by atoms with van der Waals surface area (Å²) in [6.07, 6.45) is -0.856. The second-order valence-electron chi connectivity index (χ2n) is 7.79. The second kappa shape index (κ2) is 9.65. The summed E-state index contributed by atoms with van der Waals surface area (Å²) in [7, 11) is -4.41. The van der Waals surface area contributed by atoms with Crippen molar-refractivity contribution in [1.29, 1.82) is 0 Å². The predicted molar refractivity (Wildman–Crippen MR) is 103 cm³/mol. The number of aryl methyl sites for hydroxylation is 1. The van der Waals surface area contributed by atoms with Crippen LogP contribution in [0.25, 0.3) is 0 Å². The molecule has 2 rings (SSSR count). The molecule has 0 spiro atoms. The van der Waals surface area contributed by atoms with Gasteiger partial charge in [0.05, 0.1) is 18.8 Å². The molecule has 3 unspecified atom stereocenters. The normalized spacial score (nSPS) is 24.6. The van der Waals surface area contributed by atoms with Gasteiger partial charge in [-0.2, -0.15) is 0 Å². The van der Waals surface area contributed by atoms with E-state index in [1.54, 1.807) is 6.92 Å². The van der Waals surface area contributed by atoms with Crippen LogP contribution < -0.4 is 11.2 Å². The number of rotatable bonds is 9. The molecular formula is C17H29N2O9P. The lowest BCUT2D eigenvalue weighted by Crippen LogP contribution is -2.34. The summed E-state index contributed by atoms with van der Waals surface area (Å²) < 4.78 is 35.1. The highest BCUT2D eigenvalue weighted by atomic mass is 31.2. The molecule has 1 aromatic heterocycles. The van der Waals surface area contributed by atoms with Gasteiger partial charge in [-0.3, -0.25) is 23.4 Å². The number of H-pyrrole nitrogens is 1. The Labute approximate surface area is 168 Å². The van der Waals surface area contributed by atoms with E-state index in [0.29, 0.717) is 5.56 Å². The maximum absolute atomic E-state index is 12.2. The van der Waals surface area contributed by atoms with Crippen molar-refractivity contribution in [2.75, 3.05) is 19.8 Å². The van der Waals surface area contributed by atoms with Gasteiger partial charge < -0.3 is 19.5 Å². The van der Waals surface area contributed by atoms with Crippen LogP contribution in [-0.2, 0) is 23.1 Å². The molecule has 0 amide bonds. The maximum atomic E-state index is 12.2. The average Bonchev–Trinajstić information content (AvgIpc) is 2.97. The lowest BCUT2D eigenvalue weighted by atomic mass is 10.1. The van der Waals surface area contributed by atoms with Gasteiger partial charge in [-0.05, 0) is 34.1 Å². The third-order valence-corrected chi connectivity index (χ3v) is 5.19. The monoisotopic (exact) mass is 436 g/mol. The van der Waals surface area contributed by atoms with E-state index in [9.17, 15) is 19.0 Å². The van der Waals surface area contributed by atoms with Crippen molar-refractivity contribution < 1.29 is 33.1 Å². The molecule has 1 aromatic rings. The van der Waals surface area contributed by atoms with E-state index in [4.69, 9.17) is 23.6 Å². The molecule has 166 valence electrons. The molecule has 1 saturated heterocycles. The zero-order valence-corrected chi connectivity index (χ0v) is 17.9. The smallest absolute Gasteiger partial charge is 0.396 e. The molecule has 29 heavy (non-hydrogen) atoms. The minimum atomic E-state index is -4.41. The van der Waals surface area contributed by atoms with Crippen molar-refractivity contribution in [2.45, 2.75) is 64.6 Å². The summed E-state index contributed by atoms with van der Waals surface area (Å²) in [6, 6.07) is 0. The number of nitrogens with zero attached hydrogens (tertiary/aromatic N) is 1. The van der Waals surface area contributed by atoms with E-state index >= 15 is 0 Å². The third kappa shape index (κ3) is 7.14. The molecular weight excluding hydrogens is 407 g/mol. The lowest BCUT2D eigenvalue weighted by Gasteiger charge is -2.25. The Morgan fingerprint density at radius 1 is 1.38 bits per heavy atom. The Kier molecular flexibility index (Phi) is 7.97. The van der Waals surface area contributed by atoms with E-state index in [1.807, 2.05) is 20.8 Å². The van der Waals surface area contributed by atoms with Crippen LogP contribution in [0.2, 0.25) is 0 Å². The number of aliphatic hydroxyl groups excluding tert-OH is 1. The first-order valence-corrected chi connectivity index (χ1v) is 10.8. The number of aromatic nitrogens is 2. The molecule has 11 nitrogen and oxygen atoms in total. The fourth-order valence-corrected chi connectivity index (χ4v) is 3.69. The van der Waals surface area contributed by atoms with Crippen LogP contribution >= 0.6 is 7.82 Å². The number of ether oxygens (including phenoxy) is 2. The molecule has 0 saturated carbocycles. The molecule has 3 N–H and O–H groups in total. The van der Waals surface area contributed by atoms with Gasteiger partial charge >= 0.3 is 13.5 Å². The Bertz CT molecular complexity index is 845. The maximum Gasteiger partial charge on any atom is 0.472 e. The zero-order valence-electron chi connectivity index (χ0n) is 17.0. The number of hydrogen-bond donors (Lipinski definition) is 3. The van der Waals surface area contributed by atoms with Gasteiger partial charge in [-0.15, -0.1) is 0 Å². The quantitative estimate of drug-likeness (QED) is 0.378. The van der Waals surface area contributed by atoms with E-state index in [0.717, 1.165) is 0 Å². The highest BCUT2D eigenvalue weighted by Crippen LogP contribution is 2.48. The lowest BCUT2D eigenvalue weighted by molar-refractivity contribution is -0.0990. The third-order valence-electron chi connectivity index (χ3n) is 4.14. The fraction of sp³-hybridized carbons (Fsp3) is 0.765. The van der Waals surface area contributed by atoms with Crippen molar-refractivity contribution in [3.8, 4) is 0 Å². The largest absolute Gasteiger partial charge is 0.472 e. The molecule has 12 heteroatoms. The van der Waals surface area contributed by atoms with Gasteiger partial charge in [0.25, 0.3) is 5.56 Å². The summed E-state index contributed by atoms with van der Waals surface area (Å²) in [5, 5.41) is 8.78. The van der Waals surface area contributed by atoms with Crippen LogP contribution in [0.4, 0.5) is 0 Å². The van der Waals surface area contributed by atoms with Crippen molar-refractivity contribution in [3.63, 3.8) is 0 Å². The molecule has 1 fully saturated rings. The van der Waals surface area contributed by atoms with Gasteiger partial charge in [0.2, 0.25) is 0 Å². The molecule has 2 heterocycles. The Morgan fingerprint density at radius 2 is 2.07 bits per heavy atom. The molecule has 1 aliphatic heterocycles. The van der Waals surface area contributed by atoms with Crippen molar-refractivity contribution in [3.05, 3.63) is 32.6 Å². The number of aliphatic hydroxyl groups is 1. The standard InChI is InChI=1S/C17H29N2O9P/c1-11-9-19(16(22)18-15(11)21)14-8-12(13(27-14)10-25-17(2,3)4)28-29(23,24)26-7-5-6-20/h9,12-14,20H,5-8,10H2,1-4H3,(H,23,24)(H,18,21,22)/t12-,13?,14?/m1/s1. The molecule has 4 atom stereocenters. The molecule has 0 aliphatic carbocycles. The SMILES string of the molecule is Cc1cn(C2C[C@@H](OP(=O)(O)OCCCO)C(COC(C)(C)C)O2)c(=O)[nH]c1=O. The van der Waals surface area contributed by atoms with Crippen LogP contribution in [0.5, 0.6) is 0 Å². The Balaban J connectivity index is 2.20. The highest BCUT2D eigenvalue weighted by molar-refractivity contribution is 7.47. The Hall–Kier alpha value is -1.33. The first kappa shape index (κ1) is 23.9. The first-order valence-electron chi connectivity index (χ1n) is 9.30.